The van der Waals surface area contributed by atoms with Gasteiger partial charge in [0.2, 0.25) is 0 Å². The van der Waals surface area contributed by atoms with Gasteiger partial charge in [-0.2, -0.15) is 0 Å². The highest BCUT2D eigenvalue weighted by atomic mass is 31.2. The largest absolute Gasteiger partial charge is 0.468 e. The van der Waals surface area contributed by atoms with Gasteiger partial charge >= 0.3 is 13.5 Å². The molecule has 2 unspecified atom stereocenters. The summed E-state index contributed by atoms with van der Waals surface area (Å²) < 4.78 is 21.9. The molecule has 0 aliphatic heterocycles. The molecule has 2 atom stereocenters. The van der Waals surface area contributed by atoms with E-state index in [0.717, 1.165) is 0 Å². The molecule has 0 aliphatic rings. The first-order chi connectivity index (χ1) is 9.94. The lowest BCUT2D eigenvalue weighted by Crippen LogP contribution is -2.33. The highest BCUT2D eigenvalue weighted by Crippen LogP contribution is 2.39. The number of rotatable bonds is 5. The first kappa shape index (κ1) is 22.0. The Kier molecular flexibility index (Phi) is 13.0. The topological polar surface area (TPSA) is 64.6 Å². The second kappa shape index (κ2) is 12.4. The van der Waals surface area contributed by atoms with E-state index in [0.29, 0.717) is 5.75 Å². The quantitative estimate of drug-likeness (QED) is 0.654. The molecule has 5 nitrogen and oxygen atoms in total. The van der Waals surface area contributed by atoms with Gasteiger partial charge in [-0.1, -0.05) is 45.9 Å². The number of ether oxygens (including phenoxy) is 1. The van der Waals surface area contributed by atoms with Crippen LogP contribution in [-0.4, -0.2) is 25.8 Å². The molecule has 0 spiro atoms. The Morgan fingerprint density at radius 3 is 2.05 bits per heavy atom. The summed E-state index contributed by atoms with van der Waals surface area (Å²) in [5.41, 5.74) is 0. The molecule has 0 aliphatic carbocycles. The van der Waals surface area contributed by atoms with Crippen LogP contribution in [0.15, 0.2) is 30.3 Å². The minimum atomic E-state index is -3.09. The van der Waals surface area contributed by atoms with Gasteiger partial charge in [0, 0.05) is 6.66 Å². The van der Waals surface area contributed by atoms with Crippen LogP contribution in [0, 0.1) is 0 Å². The van der Waals surface area contributed by atoms with Crippen LogP contribution in [0.25, 0.3) is 0 Å². The molecule has 1 N–H and O–H groups in total. The van der Waals surface area contributed by atoms with Gasteiger partial charge < -0.3 is 9.26 Å². The van der Waals surface area contributed by atoms with Crippen molar-refractivity contribution in [2.45, 2.75) is 40.7 Å². The Hall–Kier alpha value is -1.32. The fourth-order valence-corrected chi connectivity index (χ4v) is 2.68. The maximum atomic E-state index is 12.1. The van der Waals surface area contributed by atoms with E-state index in [2.05, 4.69) is 9.82 Å². The van der Waals surface area contributed by atoms with E-state index < -0.39 is 19.5 Å². The van der Waals surface area contributed by atoms with Crippen molar-refractivity contribution in [1.29, 1.82) is 0 Å². The molecule has 6 heteroatoms. The molecule has 0 aromatic heterocycles. The fraction of sp³-hybridized carbons (Fsp3) is 0.533. The highest BCUT2D eigenvalue weighted by Gasteiger charge is 2.24. The van der Waals surface area contributed by atoms with Gasteiger partial charge in [0.25, 0.3) is 0 Å². The molecule has 21 heavy (non-hydrogen) atoms. The number of hydrogen-bond donors (Lipinski definition) is 1. The third-order valence-corrected chi connectivity index (χ3v) is 3.42. The zero-order valence-electron chi connectivity index (χ0n) is 14.0. The number of nitrogens with one attached hydrogen (secondary N) is 1. The van der Waals surface area contributed by atoms with E-state index >= 15 is 0 Å². The monoisotopic (exact) mass is 317 g/mol. The lowest BCUT2D eigenvalue weighted by Gasteiger charge is -2.19. The van der Waals surface area contributed by atoms with Crippen LogP contribution in [0.4, 0.5) is 0 Å². The number of para-hydroxylation sites is 1. The predicted octanol–water partition coefficient (Wildman–Crippen LogP) is 4.09. The molecule has 0 fully saturated rings. The summed E-state index contributed by atoms with van der Waals surface area (Å²) in [6, 6.07) is 8.09. The highest BCUT2D eigenvalue weighted by molar-refractivity contribution is 7.56. The third kappa shape index (κ3) is 10.1. The van der Waals surface area contributed by atoms with Crippen molar-refractivity contribution in [3.8, 4) is 5.75 Å². The smallest absolute Gasteiger partial charge is 0.323 e. The van der Waals surface area contributed by atoms with E-state index in [1.54, 1.807) is 31.2 Å². The number of methoxy groups -OCH3 is 1. The van der Waals surface area contributed by atoms with Crippen LogP contribution in [0.5, 0.6) is 5.75 Å². The zero-order chi connectivity index (χ0) is 16.9. The summed E-state index contributed by atoms with van der Waals surface area (Å²) in [6.45, 7) is 11.0. The molecule has 122 valence electrons. The van der Waals surface area contributed by atoms with Gasteiger partial charge in [-0.25, -0.2) is 5.09 Å². The van der Waals surface area contributed by atoms with E-state index in [4.69, 9.17) is 4.52 Å². The van der Waals surface area contributed by atoms with Crippen molar-refractivity contribution in [2.24, 2.45) is 0 Å². The number of carbonyl (C=O) groups is 1. The first-order valence-electron chi connectivity index (χ1n) is 7.12. The number of esters is 1. The van der Waals surface area contributed by atoms with E-state index in [1.807, 2.05) is 33.8 Å². The SMILES string of the molecule is CC.CC.COC(=O)C(C)NP(C)(=O)Oc1ccccc1. The van der Waals surface area contributed by atoms with Crippen molar-refractivity contribution >= 4 is 13.5 Å². The molecule has 0 saturated heterocycles. The van der Waals surface area contributed by atoms with Gasteiger partial charge in [-0.15, -0.1) is 0 Å². The first-order valence-corrected chi connectivity index (χ1v) is 9.19. The van der Waals surface area contributed by atoms with E-state index in [9.17, 15) is 9.36 Å². The van der Waals surface area contributed by atoms with Crippen molar-refractivity contribution in [3.63, 3.8) is 0 Å². The standard InChI is InChI=1S/C11H16NO4P.2C2H6/c1-9(11(13)15-2)12-17(3,14)16-10-7-5-4-6-8-10;2*1-2/h4-9H,1-3H3,(H,12,14);2*1-2H3. The average Bonchev–Trinajstić information content (AvgIpc) is 2.50. The summed E-state index contributed by atoms with van der Waals surface area (Å²) in [6.07, 6.45) is 0. The van der Waals surface area contributed by atoms with Crippen molar-refractivity contribution < 1.29 is 18.6 Å². The van der Waals surface area contributed by atoms with E-state index in [1.165, 1.54) is 13.8 Å². The molecule has 1 aromatic carbocycles. The third-order valence-electron chi connectivity index (χ3n) is 2.01. The Balaban J connectivity index is 0. The maximum Gasteiger partial charge on any atom is 0.323 e. The summed E-state index contributed by atoms with van der Waals surface area (Å²) in [4.78, 5) is 11.2. The normalized spacial score (nSPS) is 13.3. The summed E-state index contributed by atoms with van der Waals surface area (Å²) in [5, 5.41) is 2.61. The Morgan fingerprint density at radius 2 is 1.62 bits per heavy atom. The van der Waals surface area contributed by atoms with Crippen LogP contribution in [0.3, 0.4) is 0 Å². The minimum Gasteiger partial charge on any atom is -0.468 e. The molecule has 0 saturated carbocycles. The van der Waals surface area contributed by atoms with Gasteiger partial charge in [0.15, 0.2) is 0 Å². The molecular formula is C15H28NO4P. The van der Waals surface area contributed by atoms with Gasteiger partial charge in [-0.3, -0.25) is 9.36 Å². The van der Waals surface area contributed by atoms with Crippen LogP contribution >= 0.6 is 7.52 Å². The average molecular weight is 317 g/mol. The molecule has 0 bridgehead atoms. The van der Waals surface area contributed by atoms with Crippen LogP contribution in [-0.2, 0) is 14.1 Å². The van der Waals surface area contributed by atoms with Gasteiger partial charge in [0.05, 0.1) is 7.11 Å². The van der Waals surface area contributed by atoms with E-state index in [-0.39, 0.29) is 0 Å². The van der Waals surface area contributed by atoms with Crippen LogP contribution in [0.2, 0.25) is 0 Å². The molecule has 0 radical (unpaired) electrons. The Labute approximate surface area is 128 Å². The Bertz CT molecular complexity index is 423. The number of benzene rings is 1. The second-order valence-electron chi connectivity index (χ2n) is 3.62. The number of hydrogen-bond acceptors (Lipinski definition) is 4. The molecule has 1 aromatic rings. The van der Waals surface area contributed by atoms with Gasteiger partial charge in [-0.05, 0) is 19.1 Å². The lowest BCUT2D eigenvalue weighted by atomic mass is 10.3. The fourth-order valence-electron chi connectivity index (χ4n) is 1.29. The van der Waals surface area contributed by atoms with Crippen molar-refractivity contribution in [3.05, 3.63) is 30.3 Å². The van der Waals surface area contributed by atoms with Gasteiger partial charge in [0.1, 0.15) is 11.8 Å². The molecule has 0 amide bonds. The minimum absolute atomic E-state index is 0.483. The van der Waals surface area contributed by atoms with Crippen LogP contribution in [0.1, 0.15) is 34.6 Å². The van der Waals surface area contributed by atoms with Crippen molar-refractivity contribution in [2.75, 3.05) is 13.8 Å². The second-order valence-corrected chi connectivity index (χ2v) is 5.76. The van der Waals surface area contributed by atoms with Crippen LogP contribution < -0.4 is 9.61 Å². The number of carbonyl (C=O) groups excluding carboxylic acids is 1. The zero-order valence-corrected chi connectivity index (χ0v) is 14.9. The molecular weight excluding hydrogens is 289 g/mol. The summed E-state index contributed by atoms with van der Waals surface area (Å²) in [7, 11) is -1.81. The molecule has 1 rings (SSSR count). The lowest BCUT2D eigenvalue weighted by molar-refractivity contribution is -0.142. The summed E-state index contributed by atoms with van der Waals surface area (Å²) >= 11 is 0. The molecule has 0 heterocycles. The Morgan fingerprint density at radius 1 is 1.14 bits per heavy atom. The maximum absolute atomic E-state index is 12.1. The summed E-state index contributed by atoms with van der Waals surface area (Å²) in [5.74, 6) is 0.00614. The predicted molar refractivity (Wildman–Crippen MR) is 87.9 cm³/mol. The van der Waals surface area contributed by atoms with Crippen molar-refractivity contribution in [1.82, 2.24) is 5.09 Å².